The summed E-state index contributed by atoms with van der Waals surface area (Å²) in [6.07, 6.45) is 0.544. The Kier molecular flexibility index (Phi) is 8.88. The van der Waals surface area contributed by atoms with E-state index >= 15 is 0 Å². The number of aliphatic carboxylic acids is 1. The van der Waals surface area contributed by atoms with Crippen molar-refractivity contribution in [2.24, 2.45) is 23.7 Å². The lowest BCUT2D eigenvalue weighted by Gasteiger charge is -2.47. The summed E-state index contributed by atoms with van der Waals surface area (Å²) in [4.78, 5) is 41.8. The number of Topliss-reactive ketones (excluding diaryl/α,β-unsaturated/α-hetero) is 1. The maximum Gasteiger partial charge on any atom is 0.332 e. The Balaban J connectivity index is 1.41. The molecule has 3 N–H and O–H groups in total. The molecule has 2 aliphatic carbocycles. The maximum atomic E-state index is 13.7. The van der Waals surface area contributed by atoms with Gasteiger partial charge in [0.25, 0.3) is 0 Å². The topological polar surface area (TPSA) is 131 Å². The Bertz CT molecular complexity index is 1460. The molecule has 220 valence electrons. The number of aryl methyl sites for hydroxylation is 1. The average molecular weight is 588 g/mol. The minimum absolute atomic E-state index is 0.0392. The number of fused-ring (bicyclic) bond motifs is 1. The number of hydrogen-bond acceptors (Lipinski definition) is 7. The molecule has 1 amide bonds. The van der Waals surface area contributed by atoms with Crippen LogP contribution in [0.5, 0.6) is 0 Å². The third-order valence-electron chi connectivity index (χ3n) is 9.03. The van der Waals surface area contributed by atoms with Gasteiger partial charge in [-0.3, -0.25) is 14.5 Å². The van der Waals surface area contributed by atoms with Gasteiger partial charge in [-0.25, -0.2) is 4.79 Å². The van der Waals surface area contributed by atoms with Crippen LogP contribution in [0.25, 0.3) is 0 Å². The van der Waals surface area contributed by atoms with Gasteiger partial charge in [-0.1, -0.05) is 31.2 Å². The fourth-order valence-electron chi connectivity index (χ4n) is 7.07. The van der Waals surface area contributed by atoms with Crippen molar-refractivity contribution in [2.75, 3.05) is 11.9 Å². The predicted octanol–water partition coefficient (Wildman–Crippen LogP) is 4.76. The molecule has 2 aromatic rings. The number of rotatable bonds is 8. The lowest BCUT2D eigenvalue weighted by Crippen LogP contribution is -2.54. The quantitative estimate of drug-likeness (QED) is 0.403. The smallest absolute Gasteiger partial charge is 0.332 e. The summed E-state index contributed by atoms with van der Waals surface area (Å²) in [5, 5.41) is 32.9. The second-order valence-corrected chi connectivity index (χ2v) is 13.3. The molecule has 1 aliphatic heterocycles. The number of anilines is 1. The summed E-state index contributed by atoms with van der Waals surface area (Å²) in [7, 11) is 0. The van der Waals surface area contributed by atoms with Gasteiger partial charge in [0, 0.05) is 41.4 Å². The first kappa shape index (κ1) is 30.0. The first-order valence-corrected chi connectivity index (χ1v) is 15.4. The number of allylic oxidation sites excluding steroid dienone is 1. The second kappa shape index (κ2) is 12.4. The minimum Gasteiger partial charge on any atom is -0.478 e. The van der Waals surface area contributed by atoms with E-state index in [9.17, 15) is 29.9 Å². The van der Waals surface area contributed by atoms with Crippen molar-refractivity contribution >= 4 is 35.1 Å². The summed E-state index contributed by atoms with van der Waals surface area (Å²) in [5.41, 5.74) is 3.59. The molecule has 0 radical (unpaired) electrons. The number of carbonyl (C=O) groups is 3. The van der Waals surface area contributed by atoms with E-state index in [0.29, 0.717) is 43.5 Å². The fraction of sp³-hybridized carbons (Fsp3) is 0.455. The number of nitrogens with zero attached hydrogens (tertiary/aromatic N) is 2. The molecule has 0 aromatic heterocycles. The molecular formula is C33H37N3O5S. The fourth-order valence-corrected chi connectivity index (χ4v) is 8.68. The van der Waals surface area contributed by atoms with Gasteiger partial charge < -0.3 is 15.5 Å². The van der Waals surface area contributed by atoms with E-state index in [1.807, 2.05) is 56.3 Å². The zero-order valence-electron chi connectivity index (χ0n) is 24.1. The molecule has 7 atom stereocenters. The van der Waals surface area contributed by atoms with E-state index in [2.05, 4.69) is 16.3 Å². The molecule has 9 heteroatoms. The van der Waals surface area contributed by atoms with Crippen LogP contribution in [0.3, 0.4) is 0 Å². The van der Waals surface area contributed by atoms with Crippen molar-refractivity contribution in [3.8, 4) is 6.07 Å². The van der Waals surface area contributed by atoms with E-state index in [1.165, 1.54) is 11.8 Å². The van der Waals surface area contributed by atoms with Crippen molar-refractivity contribution in [1.82, 2.24) is 4.90 Å². The Hall–Kier alpha value is -3.45. The highest BCUT2D eigenvalue weighted by Crippen LogP contribution is 2.54. The van der Waals surface area contributed by atoms with Gasteiger partial charge in [0.05, 0.1) is 23.8 Å². The van der Waals surface area contributed by atoms with Gasteiger partial charge >= 0.3 is 5.97 Å². The van der Waals surface area contributed by atoms with Gasteiger partial charge in [-0.2, -0.15) is 5.26 Å². The maximum absolute atomic E-state index is 13.7. The molecule has 0 bridgehead atoms. The SMILES string of the molecule is Cc1cccc(NC(=O)C2CC(SC3=C(C(=O)O)CCC4C(=O)C(C(C)O)C4C3C)CN2Cc2cccc(C#N)c2)c1. The van der Waals surface area contributed by atoms with E-state index in [1.54, 1.807) is 13.0 Å². The Morgan fingerprint density at radius 2 is 1.98 bits per heavy atom. The lowest BCUT2D eigenvalue weighted by atomic mass is 9.57. The van der Waals surface area contributed by atoms with Gasteiger partial charge in [-0.05, 0) is 85.2 Å². The monoisotopic (exact) mass is 587 g/mol. The Labute approximate surface area is 250 Å². The number of amides is 1. The average Bonchev–Trinajstić information content (AvgIpc) is 3.29. The van der Waals surface area contributed by atoms with Crippen molar-refractivity contribution in [3.63, 3.8) is 0 Å². The molecule has 5 rings (SSSR count). The van der Waals surface area contributed by atoms with Gasteiger partial charge in [-0.15, -0.1) is 11.8 Å². The van der Waals surface area contributed by atoms with Crippen LogP contribution >= 0.6 is 11.8 Å². The molecule has 1 heterocycles. The zero-order chi connectivity index (χ0) is 30.1. The number of benzene rings is 2. The summed E-state index contributed by atoms with van der Waals surface area (Å²) in [6, 6.07) is 16.7. The van der Waals surface area contributed by atoms with Crippen LogP contribution in [-0.4, -0.2) is 56.7 Å². The summed E-state index contributed by atoms with van der Waals surface area (Å²) >= 11 is 1.52. The number of carboxylic acids is 1. The number of thioether (sulfide) groups is 1. The number of aliphatic hydroxyl groups is 1. The number of nitriles is 1. The minimum atomic E-state index is -0.969. The molecule has 8 nitrogen and oxygen atoms in total. The Morgan fingerprint density at radius 1 is 1.21 bits per heavy atom. The number of carbonyl (C=O) groups excluding carboxylic acids is 2. The number of nitrogens with one attached hydrogen (secondary N) is 1. The number of carboxylic acid groups (broad SMARTS) is 1. The van der Waals surface area contributed by atoms with Gasteiger partial charge in [0.2, 0.25) is 5.91 Å². The van der Waals surface area contributed by atoms with Crippen molar-refractivity contribution in [3.05, 3.63) is 75.7 Å². The van der Waals surface area contributed by atoms with Crippen LogP contribution in [-0.2, 0) is 20.9 Å². The van der Waals surface area contributed by atoms with Crippen LogP contribution < -0.4 is 5.32 Å². The summed E-state index contributed by atoms with van der Waals surface area (Å²) in [6.45, 7) is 6.62. The molecule has 1 saturated heterocycles. The summed E-state index contributed by atoms with van der Waals surface area (Å²) in [5.74, 6) is -2.04. The van der Waals surface area contributed by atoms with E-state index in [4.69, 9.17) is 0 Å². The van der Waals surface area contributed by atoms with Crippen LogP contribution in [0.4, 0.5) is 5.69 Å². The zero-order valence-corrected chi connectivity index (χ0v) is 24.9. The van der Waals surface area contributed by atoms with Crippen molar-refractivity contribution in [1.29, 1.82) is 5.26 Å². The van der Waals surface area contributed by atoms with E-state index in [0.717, 1.165) is 21.7 Å². The summed E-state index contributed by atoms with van der Waals surface area (Å²) < 4.78 is 0. The molecular weight excluding hydrogens is 550 g/mol. The normalized spacial score (nSPS) is 28.3. The highest BCUT2D eigenvalue weighted by atomic mass is 32.2. The first-order valence-electron chi connectivity index (χ1n) is 14.5. The standard InChI is InChI=1S/C33H37N3O5S/c1-18-6-4-9-23(12-18)35-32(39)27-14-24(17-36(27)16-22-8-5-7-21(13-22)15-34)42-31-19(2)28-25(10-11-26(31)33(40)41)30(38)29(28)20(3)37/h4-9,12-13,19-20,24-25,27-29,37H,10-11,14,16-17H2,1-3H3,(H,35,39)(H,40,41). The third-order valence-corrected chi connectivity index (χ3v) is 10.6. The van der Waals surface area contributed by atoms with E-state index in [-0.39, 0.29) is 34.7 Å². The number of ketones is 1. The van der Waals surface area contributed by atoms with Crippen LogP contribution in [0.1, 0.15) is 49.8 Å². The molecule has 7 unspecified atom stereocenters. The molecule has 1 saturated carbocycles. The highest BCUT2D eigenvalue weighted by Gasteiger charge is 2.55. The Morgan fingerprint density at radius 3 is 2.67 bits per heavy atom. The lowest BCUT2D eigenvalue weighted by molar-refractivity contribution is -0.153. The number of hydrogen-bond donors (Lipinski definition) is 3. The molecule has 0 spiro atoms. The second-order valence-electron chi connectivity index (χ2n) is 11.9. The largest absolute Gasteiger partial charge is 0.478 e. The number of aliphatic hydroxyl groups excluding tert-OH is 1. The van der Waals surface area contributed by atoms with E-state index < -0.39 is 24.0 Å². The molecule has 2 aromatic carbocycles. The molecule has 3 aliphatic rings. The van der Waals surface area contributed by atoms with Crippen LogP contribution in [0.2, 0.25) is 0 Å². The highest BCUT2D eigenvalue weighted by molar-refractivity contribution is 8.03. The van der Waals surface area contributed by atoms with Crippen LogP contribution in [0.15, 0.2) is 59.0 Å². The van der Waals surface area contributed by atoms with Crippen LogP contribution in [0, 0.1) is 41.9 Å². The molecule has 2 fully saturated rings. The molecule has 42 heavy (non-hydrogen) atoms. The van der Waals surface area contributed by atoms with Gasteiger partial charge in [0.15, 0.2) is 0 Å². The first-order chi connectivity index (χ1) is 20.1. The number of likely N-dealkylation sites (tertiary alicyclic amines) is 1. The third kappa shape index (κ3) is 6.03. The van der Waals surface area contributed by atoms with Gasteiger partial charge in [0.1, 0.15) is 5.78 Å². The predicted molar refractivity (Wildman–Crippen MR) is 161 cm³/mol. The van der Waals surface area contributed by atoms with Crippen molar-refractivity contribution < 1.29 is 24.6 Å². The van der Waals surface area contributed by atoms with Crippen molar-refractivity contribution in [2.45, 2.75) is 64.0 Å².